The largest absolute Gasteiger partial charge is 0.457 e. The fraction of sp³-hybridized carbons (Fsp3) is 0.158. The first-order valence-electron chi connectivity index (χ1n) is 8.40. The van der Waals surface area contributed by atoms with E-state index in [-0.39, 0.29) is 32.8 Å². The van der Waals surface area contributed by atoms with Gasteiger partial charge in [-0.3, -0.25) is 9.36 Å². The summed E-state index contributed by atoms with van der Waals surface area (Å²) in [5, 5.41) is 0.279. The quantitative estimate of drug-likeness (QED) is 0.402. The third kappa shape index (κ3) is 4.86. The summed E-state index contributed by atoms with van der Waals surface area (Å²) in [4.78, 5) is 24.6. The highest BCUT2D eigenvalue weighted by atomic mass is 35.5. The number of nitrogens with zero attached hydrogens (tertiary/aromatic N) is 2. The number of halogens is 6. The molecular weight excluding hydrogens is 467 g/mol. The number of alkyl halides is 3. The first-order chi connectivity index (χ1) is 14.5. The average molecular weight is 479 g/mol. The zero-order valence-corrected chi connectivity index (χ0v) is 17.1. The summed E-state index contributed by atoms with van der Waals surface area (Å²) in [7, 11) is 0.812. The molecule has 6 nitrogen and oxygen atoms in total. The Kier molecular flexibility index (Phi) is 6.33. The lowest BCUT2D eigenvalue weighted by molar-refractivity contribution is -0.144. The van der Waals surface area contributed by atoms with Crippen LogP contribution in [-0.2, 0) is 13.2 Å². The van der Waals surface area contributed by atoms with E-state index < -0.39 is 34.6 Å². The molecule has 0 radical (unpaired) electrons. The molecule has 3 rings (SSSR count). The molecule has 0 aliphatic carbocycles. The van der Waals surface area contributed by atoms with Crippen LogP contribution in [0.4, 0.5) is 17.6 Å². The summed E-state index contributed by atoms with van der Waals surface area (Å²) in [5.41, 5.74) is -4.88. The van der Waals surface area contributed by atoms with Gasteiger partial charge in [-0.05, 0) is 30.3 Å². The van der Waals surface area contributed by atoms with Crippen molar-refractivity contribution >= 4 is 23.2 Å². The predicted octanol–water partition coefficient (Wildman–Crippen LogP) is 4.42. The van der Waals surface area contributed by atoms with Crippen LogP contribution >= 0.6 is 23.2 Å². The van der Waals surface area contributed by atoms with E-state index in [1.807, 2.05) is 0 Å². The number of rotatable bonds is 5. The van der Waals surface area contributed by atoms with Crippen LogP contribution in [0.25, 0.3) is 5.69 Å². The van der Waals surface area contributed by atoms with E-state index in [1.54, 1.807) is 24.3 Å². The molecule has 0 N–H and O–H groups in total. The average Bonchev–Trinajstić information content (AvgIpc) is 2.68. The fourth-order valence-corrected chi connectivity index (χ4v) is 2.94. The molecule has 3 aromatic rings. The fourth-order valence-electron chi connectivity index (χ4n) is 2.61. The number of ether oxygens (including phenoxy) is 2. The van der Waals surface area contributed by atoms with Crippen molar-refractivity contribution in [1.82, 2.24) is 9.13 Å². The van der Waals surface area contributed by atoms with Crippen molar-refractivity contribution in [3.63, 3.8) is 0 Å². The maximum Gasteiger partial charge on any atom is 0.431 e. The summed E-state index contributed by atoms with van der Waals surface area (Å²) in [5.74, 6) is -0.883. The number of hydrogen-bond acceptors (Lipinski definition) is 4. The molecule has 0 amide bonds. The van der Waals surface area contributed by atoms with Gasteiger partial charge in [0.15, 0.2) is 0 Å². The SMILES string of the molecule is Cn1c(C(F)(F)F)cc(=O)n(-c2cc(OCOc3ccc(Cl)cc3)c(Cl)cc2F)c1=O. The van der Waals surface area contributed by atoms with Crippen LogP contribution < -0.4 is 20.7 Å². The van der Waals surface area contributed by atoms with Gasteiger partial charge in [-0.1, -0.05) is 23.2 Å². The van der Waals surface area contributed by atoms with Gasteiger partial charge in [0.1, 0.15) is 23.0 Å². The molecule has 0 aliphatic heterocycles. The Morgan fingerprint density at radius 1 is 1.00 bits per heavy atom. The maximum absolute atomic E-state index is 14.5. The second kappa shape index (κ2) is 8.64. The normalized spacial score (nSPS) is 11.5. The van der Waals surface area contributed by atoms with Crippen LogP contribution in [0.5, 0.6) is 11.5 Å². The van der Waals surface area contributed by atoms with Crippen molar-refractivity contribution in [2.75, 3.05) is 6.79 Å². The molecule has 164 valence electrons. The summed E-state index contributed by atoms with van der Waals surface area (Å²) in [6.45, 7) is -0.383. The number of hydrogen-bond donors (Lipinski definition) is 0. The van der Waals surface area contributed by atoms with Crippen LogP contribution in [0.3, 0.4) is 0 Å². The van der Waals surface area contributed by atoms with Gasteiger partial charge >= 0.3 is 11.9 Å². The van der Waals surface area contributed by atoms with Crippen molar-refractivity contribution < 1.29 is 27.0 Å². The summed E-state index contributed by atoms with van der Waals surface area (Å²) in [6.07, 6.45) is -4.95. The van der Waals surface area contributed by atoms with Gasteiger partial charge < -0.3 is 9.47 Å². The van der Waals surface area contributed by atoms with Gasteiger partial charge in [-0.15, -0.1) is 0 Å². The Morgan fingerprint density at radius 3 is 2.26 bits per heavy atom. The first-order valence-corrected chi connectivity index (χ1v) is 9.15. The van der Waals surface area contributed by atoms with Crippen molar-refractivity contribution in [3.8, 4) is 17.2 Å². The summed E-state index contributed by atoms with van der Waals surface area (Å²) >= 11 is 11.7. The molecule has 1 heterocycles. The summed E-state index contributed by atoms with van der Waals surface area (Å²) < 4.78 is 64.5. The summed E-state index contributed by atoms with van der Waals surface area (Å²) in [6, 6.07) is 8.15. The van der Waals surface area contributed by atoms with E-state index in [4.69, 9.17) is 32.7 Å². The zero-order valence-electron chi connectivity index (χ0n) is 15.5. The van der Waals surface area contributed by atoms with Crippen LogP contribution in [0.1, 0.15) is 5.69 Å². The molecular formula is C19H12Cl2F4N2O4. The Hall–Kier alpha value is -2.98. The minimum absolute atomic E-state index is 0.166. The molecule has 0 fully saturated rings. The molecule has 0 unspecified atom stereocenters. The minimum atomic E-state index is -4.95. The highest BCUT2D eigenvalue weighted by Crippen LogP contribution is 2.30. The standard InChI is InChI=1S/C19H12Cl2F4N2O4/c1-26-16(19(23,24)25)8-17(28)27(18(26)29)14-7-15(12(21)6-13(14)22)31-9-30-11-4-2-10(20)3-5-11/h2-8H,9H2,1H3. The molecule has 2 aromatic carbocycles. The van der Waals surface area contributed by atoms with Gasteiger partial charge in [0, 0.05) is 24.2 Å². The zero-order chi connectivity index (χ0) is 22.9. The van der Waals surface area contributed by atoms with Crippen molar-refractivity contribution in [3.05, 3.63) is 84.9 Å². The molecule has 0 spiro atoms. The van der Waals surface area contributed by atoms with Gasteiger partial charge in [0.2, 0.25) is 6.79 Å². The van der Waals surface area contributed by atoms with Crippen LogP contribution in [0.15, 0.2) is 52.1 Å². The van der Waals surface area contributed by atoms with Gasteiger partial charge in [0.05, 0.1) is 10.7 Å². The third-order valence-corrected chi connectivity index (χ3v) is 4.65. The van der Waals surface area contributed by atoms with E-state index in [1.165, 1.54) is 0 Å². The maximum atomic E-state index is 14.5. The molecule has 0 bridgehead atoms. The molecule has 0 atom stereocenters. The van der Waals surface area contributed by atoms with E-state index >= 15 is 0 Å². The van der Waals surface area contributed by atoms with Crippen molar-refractivity contribution in [1.29, 1.82) is 0 Å². The third-order valence-electron chi connectivity index (χ3n) is 4.11. The molecule has 0 aliphatic rings. The van der Waals surface area contributed by atoms with E-state index in [2.05, 4.69) is 0 Å². The second-order valence-electron chi connectivity index (χ2n) is 6.14. The second-order valence-corrected chi connectivity index (χ2v) is 6.98. The van der Waals surface area contributed by atoms with Crippen LogP contribution in [-0.4, -0.2) is 15.9 Å². The van der Waals surface area contributed by atoms with Crippen LogP contribution in [0.2, 0.25) is 10.0 Å². The minimum Gasteiger partial charge on any atom is -0.457 e. The molecule has 0 saturated heterocycles. The molecule has 1 aromatic heterocycles. The smallest absolute Gasteiger partial charge is 0.431 e. The Bertz CT molecular complexity index is 1240. The van der Waals surface area contributed by atoms with Gasteiger partial charge in [0.25, 0.3) is 5.56 Å². The lowest BCUT2D eigenvalue weighted by Crippen LogP contribution is -2.41. The van der Waals surface area contributed by atoms with Crippen LogP contribution in [0, 0.1) is 5.82 Å². The monoisotopic (exact) mass is 478 g/mol. The number of aromatic nitrogens is 2. The highest BCUT2D eigenvalue weighted by molar-refractivity contribution is 6.32. The van der Waals surface area contributed by atoms with E-state index in [0.29, 0.717) is 10.8 Å². The predicted molar refractivity (Wildman–Crippen MR) is 105 cm³/mol. The molecule has 31 heavy (non-hydrogen) atoms. The van der Waals surface area contributed by atoms with E-state index in [9.17, 15) is 27.2 Å². The topological polar surface area (TPSA) is 62.5 Å². The van der Waals surface area contributed by atoms with Crippen molar-refractivity contribution in [2.24, 2.45) is 7.05 Å². The lowest BCUT2D eigenvalue weighted by Gasteiger charge is -2.15. The Labute approximate surface area is 181 Å². The van der Waals surface area contributed by atoms with Crippen molar-refractivity contribution in [2.45, 2.75) is 6.18 Å². The molecule has 12 heteroatoms. The first kappa shape index (κ1) is 22.7. The Morgan fingerprint density at radius 2 is 1.65 bits per heavy atom. The Balaban J connectivity index is 1.96. The van der Waals surface area contributed by atoms with E-state index in [0.717, 1.165) is 19.2 Å². The lowest BCUT2D eigenvalue weighted by atomic mass is 10.2. The van der Waals surface area contributed by atoms with Gasteiger partial charge in [-0.2, -0.15) is 13.2 Å². The highest BCUT2D eigenvalue weighted by Gasteiger charge is 2.35. The van der Waals surface area contributed by atoms with Gasteiger partial charge in [-0.25, -0.2) is 13.8 Å². The molecule has 0 saturated carbocycles. The number of benzene rings is 2.